The number of hydrogen-bond acceptors (Lipinski definition) is 5. The summed E-state index contributed by atoms with van der Waals surface area (Å²) in [5, 5.41) is 6.79. The third kappa shape index (κ3) is 3.85. The average molecular weight is 427 g/mol. The zero-order valence-corrected chi connectivity index (χ0v) is 18.5. The van der Waals surface area contributed by atoms with E-state index in [9.17, 15) is 9.59 Å². The molecule has 0 unspecified atom stereocenters. The summed E-state index contributed by atoms with van der Waals surface area (Å²) in [4.78, 5) is 32.0. The van der Waals surface area contributed by atoms with Crippen molar-refractivity contribution in [3.8, 4) is 0 Å². The number of carbonyl (C=O) groups excluding carboxylic acids is 2. The number of fused-ring (bicyclic) bond motifs is 1. The molecule has 6 nitrogen and oxygen atoms in total. The van der Waals surface area contributed by atoms with E-state index < -0.39 is 6.04 Å². The molecule has 4 saturated carbocycles. The molecule has 1 atom stereocenters. The van der Waals surface area contributed by atoms with E-state index >= 15 is 0 Å². The minimum Gasteiger partial charge on any atom is -0.332 e. The molecule has 1 aromatic carbocycles. The smallest absolute Gasteiger partial charge is 0.321 e. The van der Waals surface area contributed by atoms with Crippen LogP contribution in [0.25, 0.3) is 10.2 Å². The van der Waals surface area contributed by atoms with E-state index in [1.54, 1.807) is 11.3 Å². The first-order chi connectivity index (χ1) is 14.4. The first kappa shape index (κ1) is 19.9. The van der Waals surface area contributed by atoms with Crippen molar-refractivity contribution in [3.05, 3.63) is 29.3 Å². The molecule has 2 aromatic rings. The highest BCUT2D eigenvalue weighted by molar-refractivity contribution is 7.18. The van der Waals surface area contributed by atoms with Crippen molar-refractivity contribution in [2.24, 2.45) is 17.8 Å². The molecule has 0 spiro atoms. The van der Waals surface area contributed by atoms with E-state index in [4.69, 9.17) is 0 Å². The number of imide groups is 1. The lowest BCUT2D eigenvalue weighted by atomic mass is 9.53. The summed E-state index contributed by atoms with van der Waals surface area (Å²) in [7, 11) is 1.90. The standard InChI is InChI=1S/C23H30N4O2S/c1-14(27(2)13-20-24-18-5-3-4-6-19(18)30-20)21(28)25-22(29)26-23-10-15-7-16(11-23)9-17(8-15)12-23/h3-6,14-17H,7-13H2,1-2H3,(H2,25,26,28,29)/t14-,15?,16?,17?,23?/m1/s1. The molecular weight excluding hydrogens is 396 g/mol. The van der Waals surface area contributed by atoms with Crippen LogP contribution in [0.5, 0.6) is 0 Å². The monoisotopic (exact) mass is 426 g/mol. The summed E-state index contributed by atoms with van der Waals surface area (Å²) in [6, 6.07) is 7.30. The number of nitrogens with one attached hydrogen (secondary N) is 2. The maximum atomic E-state index is 12.7. The van der Waals surface area contributed by atoms with Crippen LogP contribution in [0.1, 0.15) is 50.5 Å². The lowest BCUT2D eigenvalue weighted by molar-refractivity contribution is -0.124. The molecule has 0 aliphatic heterocycles. The van der Waals surface area contributed by atoms with Crippen LogP contribution in [-0.2, 0) is 11.3 Å². The van der Waals surface area contributed by atoms with E-state index in [0.29, 0.717) is 6.54 Å². The number of nitrogens with zero attached hydrogens (tertiary/aromatic N) is 2. The zero-order chi connectivity index (χ0) is 20.9. The van der Waals surface area contributed by atoms with Gasteiger partial charge in [-0.15, -0.1) is 11.3 Å². The highest BCUT2D eigenvalue weighted by Crippen LogP contribution is 2.55. The number of aromatic nitrogens is 1. The van der Waals surface area contributed by atoms with Crippen molar-refractivity contribution < 1.29 is 9.59 Å². The molecule has 2 N–H and O–H groups in total. The van der Waals surface area contributed by atoms with Crippen LogP contribution in [0.4, 0.5) is 4.79 Å². The maximum Gasteiger partial charge on any atom is 0.321 e. The summed E-state index contributed by atoms with van der Waals surface area (Å²) < 4.78 is 1.15. The van der Waals surface area contributed by atoms with Crippen LogP contribution in [0, 0.1) is 17.8 Å². The van der Waals surface area contributed by atoms with Gasteiger partial charge in [0.2, 0.25) is 5.91 Å². The number of likely N-dealkylation sites (N-methyl/N-ethyl adjacent to an activating group) is 1. The van der Waals surface area contributed by atoms with Gasteiger partial charge in [0.05, 0.1) is 22.8 Å². The molecule has 4 fully saturated rings. The molecule has 4 aliphatic carbocycles. The molecule has 30 heavy (non-hydrogen) atoms. The van der Waals surface area contributed by atoms with Gasteiger partial charge in [-0.3, -0.25) is 15.0 Å². The predicted molar refractivity (Wildman–Crippen MR) is 118 cm³/mol. The van der Waals surface area contributed by atoms with E-state index in [0.717, 1.165) is 52.2 Å². The number of urea groups is 1. The van der Waals surface area contributed by atoms with E-state index in [1.807, 2.05) is 37.1 Å². The SMILES string of the molecule is C[C@H](C(=O)NC(=O)NC12CC3CC(CC(C3)C1)C2)N(C)Cc1nc2ccccc2s1. The average Bonchev–Trinajstić information content (AvgIpc) is 3.07. The molecule has 3 amide bonds. The Kier molecular flexibility index (Phi) is 5.06. The van der Waals surface area contributed by atoms with Gasteiger partial charge in [0.15, 0.2) is 0 Å². The molecular formula is C23H30N4O2S. The third-order valence-corrected chi connectivity index (χ3v) is 8.44. The molecule has 1 aromatic heterocycles. The van der Waals surface area contributed by atoms with E-state index in [1.165, 1.54) is 19.3 Å². The number of rotatable bonds is 5. The van der Waals surface area contributed by atoms with Crippen LogP contribution < -0.4 is 10.6 Å². The summed E-state index contributed by atoms with van der Waals surface area (Å²) in [6.45, 7) is 2.41. The zero-order valence-electron chi connectivity index (χ0n) is 17.7. The van der Waals surface area contributed by atoms with Crippen LogP contribution in [0.2, 0.25) is 0 Å². The van der Waals surface area contributed by atoms with E-state index in [-0.39, 0.29) is 17.5 Å². The normalized spacial score (nSPS) is 30.6. The predicted octanol–water partition coefficient (Wildman–Crippen LogP) is 3.91. The van der Waals surface area contributed by atoms with Crippen molar-refractivity contribution in [1.29, 1.82) is 0 Å². The van der Waals surface area contributed by atoms with Crippen LogP contribution >= 0.6 is 11.3 Å². The number of amides is 3. The molecule has 0 saturated heterocycles. The second-order valence-corrected chi connectivity index (χ2v) is 10.9. The first-order valence-corrected chi connectivity index (χ1v) is 11.9. The van der Waals surface area contributed by atoms with Crippen molar-refractivity contribution >= 4 is 33.5 Å². The Balaban J connectivity index is 1.17. The first-order valence-electron chi connectivity index (χ1n) is 11.1. The van der Waals surface area contributed by atoms with Gasteiger partial charge < -0.3 is 5.32 Å². The van der Waals surface area contributed by atoms with Crippen molar-refractivity contribution in [2.75, 3.05) is 7.05 Å². The van der Waals surface area contributed by atoms with Gasteiger partial charge in [0.1, 0.15) is 5.01 Å². The molecule has 4 aliphatic rings. The summed E-state index contributed by atoms with van der Waals surface area (Å²) >= 11 is 1.64. The van der Waals surface area contributed by atoms with Crippen molar-refractivity contribution in [1.82, 2.24) is 20.5 Å². The number of benzene rings is 1. The number of thiazole rings is 1. The van der Waals surface area contributed by atoms with Gasteiger partial charge in [0.25, 0.3) is 0 Å². The molecule has 0 radical (unpaired) electrons. The summed E-state index contributed by atoms with van der Waals surface area (Å²) in [6.07, 6.45) is 7.22. The molecule has 7 heteroatoms. The van der Waals surface area contributed by atoms with Gasteiger partial charge in [-0.2, -0.15) is 0 Å². The lowest BCUT2D eigenvalue weighted by Crippen LogP contribution is -2.62. The van der Waals surface area contributed by atoms with Gasteiger partial charge >= 0.3 is 6.03 Å². The van der Waals surface area contributed by atoms with Crippen LogP contribution in [0.15, 0.2) is 24.3 Å². The highest BCUT2D eigenvalue weighted by Gasteiger charge is 2.51. The van der Waals surface area contributed by atoms with Crippen LogP contribution in [0.3, 0.4) is 0 Å². The quantitative estimate of drug-likeness (QED) is 0.760. The molecule has 4 bridgehead atoms. The van der Waals surface area contributed by atoms with Crippen LogP contribution in [-0.4, -0.2) is 40.5 Å². The highest BCUT2D eigenvalue weighted by atomic mass is 32.1. The fraction of sp³-hybridized carbons (Fsp3) is 0.609. The Morgan fingerprint density at radius 3 is 2.43 bits per heavy atom. The minimum atomic E-state index is -0.417. The molecule has 6 rings (SSSR count). The molecule has 160 valence electrons. The Hall–Kier alpha value is -1.99. The minimum absolute atomic E-state index is 0.0880. The largest absolute Gasteiger partial charge is 0.332 e. The summed E-state index contributed by atoms with van der Waals surface area (Å²) in [5.41, 5.74) is 0.896. The number of carbonyl (C=O) groups is 2. The number of para-hydroxylation sites is 1. The fourth-order valence-corrected chi connectivity index (χ4v) is 7.32. The lowest BCUT2D eigenvalue weighted by Gasteiger charge is -2.56. The maximum absolute atomic E-state index is 12.7. The Morgan fingerprint density at radius 1 is 1.17 bits per heavy atom. The Morgan fingerprint density at radius 2 is 1.80 bits per heavy atom. The second kappa shape index (κ2) is 7.61. The summed E-state index contributed by atoms with van der Waals surface area (Å²) in [5.74, 6) is 2.00. The topological polar surface area (TPSA) is 74.3 Å². The van der Waals surface area contributed by atoms with Gasteiger partial charge in [-0.05, 0) is 82.4 Å². The Labute approximate surface area is 181 Å². The van der Waals surface area contributed by atoms with Gasteiger partial charge in [0, 0.05) is 5.54 Å². The fourth-order valence-electron chi connectivity index (χ4n) is 6.29. The van der Waals surface area contributed by atoms with Gasteiger partial charge in [-0.25, -0.2) is 9.78 Å². The van der Waals surface area contributed by atoms with Crippen molar-refractivity contribution in [2.45, 2.75) is 63.6 Å². The second-order valence-electron chi connectivity index (χ2n) is 9.81. The number of hydrogen-bond donors (Lipinski definition) is 2. The van der Waals surface area contributed by atoms with Gasteiger partial charge in [-0.1, -0.05) is 12.1 Å². The Bertz CT molecular complexity index is 903. The third-order valence-electron chi connectivity index (χ3n) is 7.42. The molecule has 1 heterocycles. The van der Waals surface area contributed by atoms with E-state index in [2.05, 4.69) is 21.7 Å². The van der Waals surface area contributed by atoms with Crippen molar-refractivity contribution in [3.63, 3.8) is 0 Å².